The second-order valence-electron chi connectivity index (χ2n) is 3.53. The van der Waals surface area contributed by atoms with E-state index < -0.39 is 10.4 Å². The minimum Gasteiger partial charge on any atom is -0.362 e. The predicted molar refractivity (Wildman–Crippen MR) is 72.2 cm³/mol. The molecule has 0 saturated heterocycles. The van der Waals surface area contributed by atoms with Gasteiger partial charge >= 0.3 is 10.4 Å². The molecule has 0 aliphatic rings. The van der Waals surface area contributed by atoms with E-state index in [1.807, 2.05) is 25.1 Å². The Bertz CT molecular complexity index is 541. The van der Waals surface area contributed by atoms with Gasteiger partial charge in [0.05, 0.1) is 0 Å². The molecule has 2 rings (SSSR count). The molecule has 102 valence electrons. The molecule has 1 N–H and O–H groups in total. The van der Waals surface area contributed by atoms with Gasteiger partial charge in [0.1, 0.15) is 5.75 Å². The lowest BCUT2D eigenvalue weighted by Gasteiger charge is -2.01. The van der Waals surface area contributed by atoms with Crippen LogP contribution < -0.4 is 4.18 Å². The second-order valence-corrected chi connectivity index (χ2v) is 4.56. The Balaban J connectivity index is 0.000000250. The summed E-state index contributed by atoms with van der Waals surface area (Å²) in [6, 6.07) is 12.2. The molecular weight excluding hydrogens is 266 g/mol. The average Bonchev–Trinajstić information content (AvgIpc) is 2.40. The van der Waals surface area contributed by atoms with Crippen LogP contribution >= 0.6 is 0 Å². The monoisotopic (exact) mass is 281 g/mol. The van der Waals surface area contributed by atoms with Gasteiger partial charge in [0.2, 0.25) is 0 Å². The van der Waals surface area contributed by atoms with Crippen LogP contribution in [0.25, 0.3) is 0 Å². The molecular formula is C13H15NO4S. The maximum atomic E-state index is 10.3. The van der Waals surface area contributed by atoms with Gasteiger partial charge in [0, 0.05) is 12.4 Å². The van der Waals surface area contributed by atoms with Crippen LogP contribution in [-0.2, 0) is 16.8 Å². The number of aromatic nitrogens is 1. The largest absolute Gasteiger partial charge is 0.446 e. The Morgan fingerprint density at radius 3 is 2.00 bits per heavy atom. The Morgan fingerprint density at radius 1 is 1.11 bits per heavy atom. The van der Waals surface area contributed by atoms with Crippen LogP contribution in [0.15, 0.2) is 54.9 Å². The predicted octanol–water partition coefficient (Wildman–Crippen LogP) is 2.51. The van der Waals surface area contributed by atoms with Crippen molar-refractivity contribution in [2.24, 2.45) is 0 Å². The summed E-state index contributed by atoms with van der Waals surface area (Å²) in [6.07, 6.45) is 4.37. The first kappa shape index (κ1) is 15.1. The smallest absolute Gasteiger partial charge is 0.362 e. The summed E-state index contributed by atoms with van der Waals surface area (Å²) < 4.78 is 33.2. The summed E-state index contributed by atoms with van der Waals surface area (Å²) in [5.74, 6) is 0.111. The molecule has 0 aliphatic heterocycles. The average molecular weight is 281 g/mol. The fourth-order valence-electron chi connectivity index (χ4n) is 1.21. The molecule has 19 heavy (non-hydrogen) atoms. The number of rotatable bonds is 3. The van der Waals surface area contributed by atoms with Gasteiger partial charge in [-0.15, -0.1) is 0 Å². The van der Waals surface area contributed by atoms with E-state index in [0.717, 1.165) is 12.0 Å². The maximum absolute atomic E-state index is 10.3. The minimum atomic E-state index is -4.40. The first-order valence-electron chi connectivity index (χ1n) is 5.62. The van der Waals surface area contributed by atoms with Gasteiger partial charge < -0.3 is 4.18 Å². The van der Waals surface area contributed by atoms with Crippen molar-refractivity contribution < 1.29 is 17.2 Å². The number of aryl methyl sites for hydroxylation is 1. The van der Waals surface area contributed by atoms with Gasteiger partial charge in [-0.3, -0.25) is 9.54 Å². The normalized spacial score (nSPS) is 10.2. The molecule has 0 radical (unpaired) electrons. The Hall–Kier alpha value is -1.92. The van der Waals surface area contributed by atoms with E-state index in [1.54, 1.807) is 24.5 Å². The van der Waals surface area contributed by atoms with Gasteiger partial charge in [-0.1, -0.05) is 25.1 Å². The van der Waals surface area contributed by atoms with Crippen molar-refractivity contribution in [2.45, 2.75) is 13.3 Å². The SMILES string of the molecule is CCc1ccc(OS(=O)(=O)O)cc1.c1ccncc1. The first-order valence-corrected chi connectivity index (χ1v) is 6.98. The zero-order chi connectivity index (χ0) is 14.1. The lowest BCUT2D eigenvalue weighted by atomic mass is 10.2. The van der Waals surface area contributed by atoms with Crippen molar-refractivity contribution in [3.8, 4) is 5.75 Å². The zero-order valence-corrected chi connectivity index (χ0v) is 11.2. The Morgan fingerprint density at radius 2 is 1.68 bits per heavy atom. The van der Waals surface area contributed by atoms with Crippen LogP contribution in [0, 0.1) is 0 Å². The van der Waals surface area contributed by atoms with Gasteiger partial charge in [0.15, 0.2) is 0 Å². The van der Waals surface area contributed by atoms with Crippen molar-refractivity contribution in [1.29, 1.82) is 0 Å². The third-order valence-corrected chi connectivity index (χ3v) is 2.50. The first-order chi connectivity index (χ1) is 9.01. The number of pyridine rings is 1. The zero-order valence-electron chi connectivity index (χ0n) is 10.4. The summed E-state index contributed by atoms with van der Waals surface area (Å²) >= 11 is 0. The second kappa shape index (κ2) is 7.50. The highest BCUT2D eigenvalue weighted by Gasteiger charge is 2.05. The Kier molecular flexibility index (Phi) is 5.98. The molecule has 0 amide bonds. The summed E-state index contributed by atoms with van der Waals surface area (Å²) in [4.78, 5) is 3.78. The van der Waals surface area contributed by atoms with E-state index in [9.17, 15) is 8.42 Å². The third kappa shape index (κ3) is 7.17. The van der Waals surface area contributed by atoms with E-state index in [2.05, 4.69) is 9.17 Å². The van der Waals surface area contributed by atoms with E-state index in [1.165, 1.54) is 12.1 Å². The molecule has 0 saturated carbocycles. The Labute approximate surface area is 112 Å². The molecule has 2 aromatic rings. The molecule has 1 aromatic carbocycles. The van der Waals surface area contributed by atoms with Crippen molar-refractivity contribution >= 4 is 10.4 Å². The highest BCUT2D eigenvalue weighted by Crippen LogP contribution is 2.13. The fourth-order valence-corrected chi connectivity index (χ4v) is 1.57. The van der Waals surface area contributed by atoms with Crippen LogP contribution in [0.4, 0.5) is 0 Å². The van der Waals surface area contributed by atoms with Crippen LogP contribution in [0.5, 0.6) is 5.75 Å². The summed E-state index contributed by atoms with van der Waals surface area (Å²) in [5, 5.41) is 0. The maximum Gasteiger partial charge on any atom is 0.446 e. The molecule has 0 atom stereocenters. The summed E-state index contributed by atoms with van der Waals surface area (Å²) in [5.41, 5.74) is 1.07. The van der Waals surface area contributed by atoms with Gasteiger partial charge in [-0.25, -0.2) is 0 Å². The molecule has 0 fully saturated rings. The van der Waals surface area contributed by atoms with E-state index in [4.69, 9.17) is 4.55 Å². The highest BCUT2D eigenvalue weighted by atomic mass is 32.3. The number of hydrogen-bond donors (Lipinski definition) is 1. The molecule has 1 heterocycles. The fraction of sp³-hybridized carbons (Fsp3) is 0.154. The van der Waals surface area contributed by atoms with E-state index >= 15 is 0 Å². The van der Waals surface area contributed by atoms with Crippen LogP contribution in [-0.4, -0.2) is 18.0 Å². The lowest BCUT2D eigenvalue weighted by molar-refractivity contribution is 0.387. The molecule has 0 bridgehead atoms. The third-order valence-electron chi connectivity index (χ3n) is 2.10. The lowest BCUT2D eigenvalue weighted by Crippen LogP contribution is -2.06. The summed E-state index contributed by atoms with van der Waals surface area (Å²) in [7, 11) is -4.40. The number of benzene rings is 1. The topological polar surface area (TPSA) is 76.5 Å². The molecule has 0 aliphatic carbocycles. The van der Waals surface area contributed by atoms with E-state index in [0.29, 0.717) is 0 Å². The quantitative estimate of drug-likeness (QED) is 0.875. The molecule has 6 heteroatoms. The number of hydrogen-bond acceptors (Lipinski definition) is 4. The van der Waals surface area contributed by atoms with Crippen molar-refractivity contribution in [1.82, 2.24) is 4.98 Å². The number of nitrogens with zero attached hydrogens (tertiary/aromatic N) is 1. The molecule has 1 aromatic heterocycles. The molecule has 0 spiro atoms. The van der Waals surface area contributed by atoms with Gasteiger partial charge in [0.25, 0.3) is 0 Å². The van der Waals surface area contributed by atoms with Crippen LogP contribution in [0.1, 0.15) is 12.5 Å². The molecule has 5 nitrogen and oxygen atoms in total. The standard InChI is InChI=1S/C8H10O4S.C5H5N/c1-2-7-3-5-8(6-4-7)12-13(9,10)11;1-2-4-6-5-3-1/h3-6H,2H2,1H3,(H,9,10,11);1-5H. The molecule has 0 unspecified atom stereocenters. The van der Waals surface area contributed by atoms with Gasteiger partial charge in [-0.2, -0.15) is 8.42 Å². The summed E-state index contributed by atoms with van der Waals surface area (Å²) in [6.45, 7) is 1.98. The highest BCUT2D eigenvalue weighted by molar-refractivity contribution is 7.81. The van der Waals surface area contributed by atoms with Crippen LogP contribution in [0.3, 0.4) is 0 Å². The van der Waals surface area contributed by atoms with E-state index in [-0.39, 0.29) is 5.75 Å². The van der Waals surface area contributed by atoms with Crippen molar-refractivity contribution in [3.63, 3.8) is 0 Å². The van der Waals surface area contributed by atoms with Crippen molar-refractivity contribution in [2.75, 3.05) is 0 Å². The van der Waals surface area contributed by atoms with Crippen molar-refractivity contribution in [3.05, 3.63) is 60.4 Å². The van der Waals surface area contributed by atoms with Gasteiger partial charge in [-0.05, 0) is 36.2 Å². The minimum absolute atomic E-state index is 0.111. The van der Waals surface area contributed by atoms with Crippen LogP contribution in [0.2, 0.25) is 0 Å².